The lowest BCUT2D eigenvalue weighted by Gasteiger charge is -2.17. The molecule has 110 valence electrons. The molecule has 0 bridgehead atoms. The van der Waals surface area contributed by atoms with Crippen LogP contribution in [0.15, 0.2) is 23.1 Å². The van der Waals surface area contributed by atoms with Crippen molar-refractivity contribution < 1.29 is 13.3 Å². The number of hydrogen-bond donors (Lipinski definition) is 1. The van der Waals surface area contributed by atoms with E-state index in [4.69, 9.17) is 5.73 Å². The first-order valence-electron chi connectivity index (χ1n) is 6.23. The highest BCUT2D eigenvalue weighted by molar-refractivity contribution is 7.89. The van der Waals surface area contributed by atoms with E-state index in [1.165, 1.54) is 23.5 Å². The molecule has 1 saturated carbocycles. The Morgan fingerprint density at radius 1 is 1.50 bits per heavy atom. The number of hydrogen-bond acceptors (Lipinski definition) is 5. The quantitative estimate of drug-likeness (QED) is 0.503. The standard InChI is InChI=1S/C12H17N3O4S/c1-8-5-9(8)7-14(2)20(18,19)10-3-4-11(13)12(6-10)15(16)17/h3-4,6,8-9H,5,7,13H2,1-2H3. The molecular formula is C12H17N3O4S. The first-order chi connectivity index (χ1) is 9.23. The maximum absolute atomic E-state index is 12.4. The van der Waals surface area contributed by atoms with Crippen molar-refractivity contribution in [3.63, 3.8) is 0 Å². The minimum atomic E-state index is -3.72. The minimum absolute atomic E-state index is 0.0487. The van der Waals surface area contributed by atoms with Crippen LogP contribution in [0.2, 0.25) is 0 Å². The maximum Gasteiger partial charge on any atom is 0.293 e. The number of anilines is 1. The number of nitrogen functional groups attached to an aromatic ring is 1. The highest BCUT2D eigenvalue weighted by atomic mass is 32.2. The number of nitro benzene ring substituents is 1. The van der Waals surface area contributed by atoms with Gasteiger partial charge in [-0.05, 0) is 30.4 Å². The van der Waals surface area contributed by atoms with Crippen molar-refractivity contribution in [1.82, 2.24) is 4.31 Å². The van der Waals surface area contributed by atoms with Gasteiger partial charge >= 0.3 is 0 Å². The Labute approximate surface area is 117 Å². The maximum atomic E-state index is 12.4. The van der Waals surface area contributed by atoms with Crippen LogP contribution in [0.5, 0.6) is 0 Å². The second-order valence-electron chi connectivity index (χ2n) is 5.24. The number of benzene rings is 1. The minimum Gasteiger partial charge on any atom is -0.393 e. The molecule has 0 amide bonds. The average molecular weight is 299 g/mol. The van der Waals surface area contributed by atoms with Gasteiger partial charge in [-0.2, -0.15) is 0 Å². The molecule has 0 spiro atoms. The van der Waals surface area contributed by atoms with Gasteiger partial charge in [-0.3, -0.25) is 10.1 Å². The molecule has 1 aliphatic carbocycles. The molecule has 0 aliphatic heterocycles. The van der Waals surface area contributed by atoms with Crippen LogP contribution in [0.1, 0.15) is 13.3 Å². The monoisotopic (exact) mass is 299 g/mol. The van der Waals surface area contributed by atoms with Crippen LogP contribution in [0.3, 0.4) is 0 Å². The SMILES string of the molecule is CC1CC1CN(C)S(=O)(=O)c1ccc(N)c([N+](=O)[O-])c1. The van der Waals surface area contributed by atoms with Crippen molar-refractivity contribution in [2.24, 2.45) is 11.8 Å². The summed E-state index contributed by atoms with van der Waals surface area (Å²) in [6.07, 6.45) is 1.02. The zero-order valence-electron chi connectivity index (χ0n) is 11.3. The van der Waals surface area contributed by atoms with E-state index >= 15 is 0 Å². The van der Waals surface area contributed by atoms with Crippen LogP contribution in [-0.4, -0.2) is 31.2 Å². The van der Waals surface area contributed by atoms with Gasteiger partial charge in [0.25, 0.3) is 5.69 Å². The van der Waals surface area contributed by atoms with Crippen molar-refractivity contribution in [3.8, 4) is 0 Å². The molecular weight excluding hydrogens is 282 g/mol. The van der Waals surface area contributed by atoms with Gasteiger partial charge in [-0.25, -0.2) is 12.7 Å². The first kappa shape index (κ1) is 14.7. The summed E-state index contributed by atoms with van der Waals surface area (Å²) in [7, 11) is -2.23. The highest BCUT2D eigenvalue weighted by Gasteiger charge is 2.36. The Hall–Kier alpha value is -1.67. The lowest BCUT2D eigenvalue weighted by Crippen LogP contribution is -2.29. The topological polar surface area (TPSA) is 107 Å². The van der Waals surface area contributed by atoms with E-state index in [2.05, 4.69) is 6.92 Å². The lowest BCUT2D eigenvalue weighted by molar-refractivity contribution is -0.384. The van der Waals surface area contributed by atoms with E-state index in [1.54, 1.807) is 0 Å². The van der Waals surface area contributed by atoms with Gasteiger partial charge in [0.15, 0.2) is 0 Å². The van der Waals surface area contributed by atoms with Gasteiger partial charge in [0.1, 0.15) is 5.69 Å². The molecule has 7 nitrogen and oxygen atoms in total. The van der Waals surface area contributed by atoms with Crippen molar-refractivity contribution in [3.05, 3.63) is 28.3 Å². The fourth-order valence-corrected chi connectivity index (χ4v) is 3.35. The number of sulfonamides is 1. The lowest BCUT2D eigenvalue weighted by atomic mass is 10.3. The molecule has 0 aromatic heterocycles. The molecule has 2 unspecified atom stereocenters. The largest absolute Gasteiger partial charge is 0.393 e. The van der Waals surface area contributed by atoms with Gasteiger partial charge < -0.3 is 5.73 Å². The molecule has 2 rings (SSSR count). The highest BCUT2D eigenvalue weighted by Crippen LogP contribution is 2.39. The molecule has 8 heteroatoms. The van der Waals surface area contributed by atoms with Crippen LogP contribution in [0.25, 0.3) is 0 Å². The van der Waals surface area contributed by atoms with Crippen LogP contribution < -0.4 is 5.73 Å². The van der Waals surface area contributed by atoms with E-state index in [0.717, 1.165) is 12.5 Å². The summed E-state index contributed by atoms with van der Waals surface area (Å²) < 4.78 is 25.9. The van der Waals surface area contributed by atoms with Gasteiger partial charge in [0.05, 0.1) is 9.82 Å². The van der Waals surface area contributed by atoms with Crippen LogP contribution >= 0.6 is 0 Å². The van der Waals surface area contributed by atoms with E-state index in [0.29, 0.717) is 18.4 Å². The summed E-state index contributed by atoms with van der Waals surface area (Å²) in [6, 6.07) is 3.56. The fraction of sp³-hybridized carbons (Fsp3) is 0.500. The Morgan fingerprint density at radius 3 is 2.60 bits per heavy atom. The Bertz CT molecular complexity index is 644. The number of nitrogens with two attached hydrogens (primary N) is 1. The molecule has 0 heterocycles. The molecule has 0 saturated heterocycles. The summed E-state index contributed by atoms with van der Waals surface area (Å²) in [4.78, 5) is 10.0. The Kier molecular flexibility index (Phi) is 3.70. The van der Waals surface area contributed by atoms with Gasteiger partial charge in [0.2, 0.25) is 10.0 Å². The number of rotatable bonds is 5. The summed E-state index contributed by atoms with van der Waals surface area (Å²) in [6.45, 7) is 2.50. The van der Waals surface area contributed by atoms with Crippen molar-refractivity contribution >= 4 is 21.4 Å². The smallest absolute Gasteiger partial charge is 0.293 e. The fourth-order valence-electron chi connectivity index (χ4n) is 2.10. The van der Waals surface area contributed by atoms with Crippen molar-refractivity contribution in [2.75, 3.05) is 19.3 Å². The van der Waals surface area contributed by atoms with Crippen LogP contribution in [0.4, 0.5) is 11.4 Å². The third kappa shape index (κ3) is 2.75. The second-order valence-corrected chi connectivity index (χ2v) is 7.28. The Morgan fingerprint density at radius 2 is 2.10 bits per heavy atom. The third-order valence-corrected chi connectivity index (χ3v) is 5.49. The number of nitro groups is 1. The van der Waals surface area contributed by atoms with Gasteiger partial charge in [-0.1, -0.05) is 6.92 Å². The van der Waals surface area contributed by atoms with Gasteiger partial charge in [-0.15, -0.1) is 0 Å². The van der Waals surface area contributed by atoms with E-state index < -0.39 is 14.9 Å². The zero-order valence-corrected chi connectivity index (χ0v) is 12.1. The summed E-state index contributed by atoms with van der Waals surface area (Å²) in [5.41, 5.74) is 5.03. The Balaban J connectivity index is 2.29. The molecule has 2 atom stereocenters. The molecule has 1 aromatic carbocycles. The van der Waals surface area contributed by atoms with E-state index in [9.17, 15) is 18.5 Å². The third-order valence-electron chi connectivity index (χ3n) is 3.67. The molecule has 1 fully saturated rings. The molecule has 1 aliphatic rings. The predicted molar refractivity (Wildman–Crippen MR) is 74.6 cm³/mol. The number of nitrogens with zero attached hydrogens (tertiary/aromatic N) is 2. The van der Waals surface area contributed by atoms with Crippen molar-refractivity contribution in [1.29, 1.82) is 0 Å². The predicted octanol–water partition coefficient (Wildman–Crippen LogP) is 1.45. The second kappa shape index (κ2) is 5.02. The molecule has 1 aromatic rings. The van der Waals surface area contributed by atoms with Gasteiger partial charge in [0, 0.05) is 19.7 Å². The van der Waals surface area contributed by atoms with Crippen LogP contribution in [0, 0.1) is 22.0 Å². The van der Waals surface area contributed by atoms with E-state index in [-0.39, 0.29) is 16.3 Å². The average Bonchev–Trinajstić information content (AvgIpc) is 3.04. The summed E-state index contributed by atoms with van der Waals surface area (Å²) in [5, 5.41) is 10.8. The molecule has 2 N–H and O–H groups in total. The summed E-state index contributed by atoms with van der Waals surface area (Å²) in [5.74, 6) is 0.909. The molecule has 0 radical (unpaired) electrons. The first-order valence-corrected chi connectivity index (χ1v) is 7.67. The zero-order chi connectivity index (χ0) is 15.1. The van der Waals surface area contributed by atoms with Crippen molar-refractivity contribution in [2.45, 2.75) is 18.2 Å². The molecule has 20 heavy (non-hydrogen) atoms. The van der Waals surface area contributed by atoms with Crippen LogP contribution in [-0.2, 0) is 10.0 Å². The summed E-state index contributed by atoms with van der Waals surface area (Å²) >= 11 is 0. The normalized spacial score (nSPS) is 21.9. The van der Waals surface area contributed by atoms with E-state index in [1.807, 2.05) is 0 Å².